The molecule has 0 amide bonds. The van der Waals surface area contributed by atoms with Gasteiger partial charge in [0.15, 0.2) is 0 Å². The van der Waals surface area contributed by atoms with Crippen LogP contribution in [-0.4, -0.2) is 13.7 Å². The molecule has 0 aliphatic rings. The molecule has 0 spiro atoms. The molecule has 0 radical (unpaired) electrons. The Balaban J connectivity index is 2.09. The highest BCUT2D eigenvalue weighted by Gasteiger charge is 2.15. The Hall–Kier alpha value is -1.32. The lowest BCUT2D eigenvalue weighted by molar-refractivity contribution is 0.395. The zero-order valence-electron chi connectivity index (χ0n) is 12.3. The smallest absolute Gasteiger partial charge is 0.123 e. The zero-order valence-corrected chi connectivity index (χ0v) is 13.1. The summed E-state index contributed by atoms with van der Waals surface area (Å²) in [5.41, 5.74) is 2.69. The lowest BCUT2D eigenvalue weighted by atomic mass is 9.99. The fraction of sp³-hybridized carbons (Fsp3) is 0.412. The highest BCUT2D eigenvalue weighted by Crippen LogP contribution is 2.28. The minimum absolute atomic E-state index is 0.353. The summed E-state index contributed by atoms with van der Waals surface area (Å²) in [4.78, 5) is 0. The molecule has 1 heterocycles. The number of ether oxygens (including phenoxy) is 1. The lowest BCUT2D eigenvalue weighted by Gasteiger charge is -2.21. The minimum Gasteiger partial charge on any atom is -0.496 e. The molecule has 1 aromatic carbocycles. The van der Waals surface area contributed by atoms with Crippen LogP contribution in [0.4, 0.5) is 0 Å². The summed E-state index contributed by atoms with van der Waals surface area (Å²) in [5.74, 6) is 0.978. The number of para-hydroxylation sites is 1. The molecule has 0 fully saturated rings. The molecule has 3 heteroatoms. The van der Waals surface area contributed by atoms with Crippen molar-refractivity contribution in [1.29, 1.82) is 0 Å². The van der Waals surface area contributed by atoms with Gasteiger partial charge in [-0.2, -0.15) is 11.3 Å². The Morgan fingerprint density at radius 1 is 1.25 bits per heavy atom. The Bertz CT molecular complexity index is 495. The number of benzene rings is 1. The van der Waals surface area contributed by atoms with Gasteiger partial charge < -0.3 is 10.1 Å². The molecule has 1 aromatic heterocycles. The fourth-order valence-electron chi connectivity index (χ4n) is 2.39. The molecule has 108 valence electrons. The number of nitrogens with one attached hydrogen (secondary N) is 1. The van der Waals surface area contributed by atoms with E-state index in [1.165, 1.54) is 11.1 Å². The predicted octanol–water partition coefficient (Wildman–Crippen LogP) is 4.43. The molecule has 0 aliphatic heterocycles. The average molecular weight is 289 g/mol. The van der Waals surface area contributed by atoms with E-state index in [4.69, 9.17) is 4.74 Å². The number of hydrogen-bond acceptors (Lipinski definition) is 3. The first-order valence-electron chi connectivity index (χ1n) is 7.22. The van der Waals surface area contributed by atoms with Crippen molar-refractivity contribution in [2.75, 3.05) is 13.7 Å². The second-order valence-electron chi connectivity index (χ2n) is 4.92. The summed E-state index contributed by atoms with van der Waals surface area (Å²) >= 11 is 1.77. The Morgan fingerprint density at radius 3 is 2.80 bits per heavy atom. The van der Waals surface area contributed by atoms with Gasteiger partial charge in [-0.15, -0.1) is 0 Å². The predicted molar refractivity (Wildman–Crippen MR) is 86.7 cm³/mol. The van der Waals surface area contributed by atoms with E-state index in [2.05, 4.69) is 41.2 Å². The van der Waals surface area contributed by atoms with Gasteiger partial charge in [0.1, 0.15) is 5.75 Å². The normalized spacial score (nSPS) is 12.3. The van der Waals surface area contributed by atoms with Gasteiger partial charge in [-0.3, -0.25) is 0 Å². The van der Waals surface area contributed by atoms with E-state index in [0.717, 1.165) is 31.6 Å². The summed E-state index contributed by atoms with van der Waals surface area (Å²) in [6.45, 7) is 3.23. The van der Waals surface area contributed by atoms with Crippen LogP contribution in [0.2, 0.25) is 0 Å². The highest BCUT2D eigenvalue weighted by molar-refractivity contribution is 7.07. The molecule has 2 rings (SSSR count). The van der Waals surface area contributed by atoms with Crippen LogP contribution in [0.25, 0.3) is 0 Å². The third-order valence-electron chi connectivity index (χ3n) is 3.46. The van der Waals surface area contributed by atoms with Gasteiger partial charge in [-0.25, -0.2) is 0 Å². The second kappa shape index (κ2) is 8.08. The molecule has 2 aromatic rings. The van der Waals surface area contributed by atoms with E-state index in [0.29, 0.717) is 6.04 Å². The van der Waals surface area contributed by atoms with E-state index in [9.17, 15) is 0 Å². The Kier molecular flexibility index (Phi) is 6.09. The van der Waals surface area contributed by atoms with Gasteiger partial charge in [0.05, 0.1) is 7.11 Å². The molecule has 20 heavy (non-hydrogen) atoms. The van der Waals surface area contributed by atoms with Crippen molar-refractivity contribution in [2.24, 2.45) is 0 Å². The maximum atomic E-state index is 5.51. The number of methoxy groups -OCH3 is 1. The van der Waals surface area contributed by atoms with E-state index in [-0.39, 0.29) is 0 Å². The first-order chi connectivity index (χ1) is 9.85. The van der Waals surface area contributed by atoms with E-state index in [1.54, 1.807) is 18.4 Å². The maximum absolute atomic E-state index is 5.51. The molecule has 0 bridgehead atoms. The van der Waals surface area contributed by atoms with Gasteiger partial charge in [-0.1, -0.05) is 25.1 Å². The topological polar surface area (TPSA) is 21.3 Å². The van der Waals surface area contributed by atoms with E-state index in [1.807, 2.05) is 12.1 Å². The Morgan fingerprint density at radius 2 is 2.10 bits per heavy atom. The summed E-state index contributed by atoms with van der Waals surface area (Å²) in [5, 5.41) is 8.03. The van der Waals surface area contributed by atoms with Crippen molar-refractivity contribution in [3.05, 3.63) is 52.2 Å². The van der Waals surface area contributed by atoms with Crippen LogP contribution < -0.4 is 10.1 Å². The second-order valence-corrected chi connectivity index (χ2v) is 5.70. The highest BCUT2D eigenvalue weighted by atomic mass is 32.1. The van der Waals surface area contributed by atoms with Crippen LogP contribution in [-0.2, 0) is 6.42 Å². The molecule has 1 atom stereocenters. The van der Waals surface area contributed by atoms with Crippen molar-refractivity contribution >= 4 is 11.3 Å². The van der Waals surface area contributed by atoms with Gasteiger partial charge in [0.25, 0.3) is 0 Å². The van der Waals surface area contributed by atoms with Crippen LogP contribution in [0, 0.1) is 0 Å². The third-order valence-corrected chi connectivity index (χ3v) is 4.19. The fourth-order valence-corrected chi connectivity index (χ4v) is 3.09. The third kappa shape index (κ3) is 4.09. The van der Waals surface area contributed by atoms with Crippen LogP contribution in [0.5, 0.6) is 5.75 Å². The van der Waals surface area contributed by atoms with Crippen LogP contribution in [0.1, 0.15) is 36.9 Å². The maximum Gasteiger partial charge on any atom is 0.123 e. The monoisotopic (exact) mass is 289 g/mol. The van der Waals surface area contributed by atoms with Crippen LogP contribution in [0.3, 0.4) is 0 Å². The first kappa shape index (κ1) is 15.1. The van der Waals surface area contributed by atoms with Crippen molar-refractivity contribution in [2.45, 2.75) is 32.2 Å². The molecule has 0 saturated carbocycles. The van der Waals surface area contributed by atoms with Crippen molar-refractivity contribution < 1.29 is 4.74 Å². The molecule has 0 saturated heterocycles. The number of rotatable bonds is 8. The average Bonchev–Trinajstić information content (AvgIpc) is 3.01. The summed E-state index contributed by atoms with van der Waals surface area (Å²) in [7, 11) is 1.74. The number of aryl methyl sites for hydroxylation is 1. The van der Waals surface area contributed by atoms with E-state index < -0.39 is 0 Å². The van der Waals surface area contributed by atoms with E-state index >= 15 is 0 Å². The van der Waals surface area contributed by atoms with Crippen molar-refractivity contribution in [3.8, 4) is 5.75 Å². The van der Waals surface area contributed by atoms with Crippen LogP contribution >= 0.6 is 11.3 Å². The standard InChI is InChI=1S/C17H23NOS/c1-3-11-18-16(9-8-14-10-12-20-13-14)15-6-4-5-7-17(15)19-2/h4-7,10,12-13,16,18H,3,8-9,11H2,1-2H3. The molecular formula is C17H23NOS. The van der Waals surface area contributed by atoms with Crippen LogP contribution in [0.15, 0.2) is 41.1 Å². The van der Waals surface area contributed by atoms with Crippen molar-refractivity contribution in [1.82, 2.24) is 5.32 Å². The van der Waals surface area contributed by atoms with Gasteiger partial charge in [0.2, 0.25) is 0 Å². The summed E-state index contributed by atoms with van der Waals surface area (Å²) < 4.78 is 5.51. The molecule has 1 unspecified atom stereocenters. The van der Waals surface area contributed by atoms with Gasteiger partial charge in [-0.05, 0) is 54.3 Å². The molecule has 1 N–H and O–H groups in total. The minimum atomic E-state index is 0.353. The number of hydrogen-bond donors (Lipinski definition) is 1. The van der Waals surface area contributed by atoms with Crippen molar-refractivity contribution in [3.63, 3.8) is 0 Å². The molecule has 0 aliphatic carbocycles. The first-order valence-corrected chi connectivity index (χ1v) is 8.16. The quantitative estimate of drug-likeness (QED) is 0.776. The molecular weight excluding hydrogens is 266 g/mol. The van der Waals surface area contributed by atoms with Gasteiger partial charge in [0, 0.05) is 11.6 Å². The Labute approximate surface area is 125 Å². The number of thiophene rings is 1. The lowest BCUT2D eigenvalue weighted by Crippen LogP contribution is -2.23. The zero-order chi connectivity index (χ0) is 14.2. The largest absolute Gasteiger partial charge is 0.496 e. The summed E-state index contributed by atoms with van der Waals surface area (Å²) in [6.07, 6.45) is 3.34. The molecule has 2 nitrogen and oxygen atoms in total. The van der Waals surface area contributed by atoms with Gasteiger partial charge >= 0.3 is 0 Å². The summed E-state index contributed by atoms with van der Waals surface area (Å²) in [6, 6.07) is 10.9. The SMILES string of the molecule is CCCNC(CCc1ccsc1)c1ccccc1OC.